The highest BCUT2D eigenvalue weighted by molar-refractivity contribution is 5.92. The van der Waals surface area contributed by atoms with Gasteiger partial charge < -0.3 is 9.80 Å². The molecule has 0 aliphatic carbocycles. The van der Waals surface area contributed by atoms with Crippen molar-refractivity contribution in [3.63, 3.8) is 0 Å². The van der Waals surface area contributed by atoms with Gasteiger partial charge in [-0.3, -0.25) is 14.3 Å². The average Bonchev–Trinajstić information content (AvgIpc) is 3.07. The molecule has 1 aliphatic heterocycles. The second-order valence-electron chi connectivity index (χ2n) is 6.39. The van der Waals surface area contributed by atoms with Crippen molar-refractivity contribution in [2.45, 2.75) is 13.8 Å². The monoisotopic (exact) mass is 364 g/mol. The third kappa shape index (κ3) is 3.35. The molecule has 1 saturated heterocycles. The molecule has 27 heavy (non-hydrogen) atoms. The molecule has 0 aromatic carbocycles. The number of aromatic nitrogens is 6. The number of imidazole rings is 1. The van der Waals surface area contributed by atoms with Crippen LogP contribution in [0.1, 0.15) is 21.9 Å². The first-order chi connectivity index (χ1) is 13.1. The Balaban J connectivity index is 1.46. The van der Waals surface area contributed by atoms with Gasteiger partial charge in [0.05, 0.1) is 11.9 Å². The van der Waals surface area contributed by atoms with Crippen LogP contribution in [0.15, 0.2) is 37.3 Å². The van der Waals surface area contributed by atoms with Crippen molar-refractivity contribution >= 4 is 11.7 Å². The molecule has 3 aromatic heterocycles. The second-order valence-corrected chi connectivity index (χ2v) is 6.39. The standard InChI is InChI=1S/C18H20N8O/c1-13-14(2)26(12-23-13)17-9-16(21-11-22-17)24-5-7-25(8-6-24)18(27)15-10-19-3-4-20-15/h3-4,9-12H,5-8H2,1-2H3. The van der Waals surface area contributed by atoms with E-state index in [1.165, 1.54) is 12.4 Å². The van der Waals surface area contributed by atoms with Crippen molar-refractivity contribution in [2.75, 3.05) is 31.1 Å². The van der Waals surface area contributed by atoms with Crippen LogP contribution in [0.3, 0.4) is 0 Å². The molecular weight excluding hydrogens is 344 g/mol. The SMILES string of the molecule is Cc1ncn(-c2cc(N3CCN(C(=O)c4cnccn4)CC3)ncn2)c1C. The van der Waals surface area contributed by atoms with Crippen molar-refractivity contribution in [3.05, 3.63) is 54.4 Å². The van der Waals surface area contributed by atoms with Gasteiger partial charge in [-0.1, -0.05) is 0 Å². The van der Waals surface area contributed by atoms with Gasteiger partial charge in [-0.05, 0) is 13.8 Å². The van der Waals surface area contributed by atoms with Crippen LogP contribution < -0.4 is 4.90 Å². The van der Waals surface area contributed by atoms with E-state index in [2.05, 4.69) is 29.8 Å². The maximum absolute atomic E-state index is 12.5. The van der Waals surface area contributed by atoms with Crippen molar-refractivity contribution in [1.82, 2.24) is 34.4 Å². The number of hydrogen-bond donors (Lipinski definition) is 0. The topological polar surface area (TPSA) is 92.9 Å². The Hall–Kier alpha value is -3.36. The lowest BCUT2D eigenvalue weighted by Crippen LogP contribution is -2.49. The van der Waals surface area contributed by atoms with E-state index >= 15 is 0 Å². The summed E-state index contributed by atoms with van der Waals surface area (Å²) < 4.78 is 1.95. The number of nitrogens with zero attached hydrogens (tertiary/aromatic N) is 8. The fraction of sp³-hybridized carbons (Fsp3) is 0.333. The van der Waals surface area contributed by atoms with E-state index in [0.717, 1.165) is 23.0 Å². The first-order valence-electron chi connectivity index (χ1n) is 8.76. The van der Waals surface area contributed by atoms with Gasteiger partial charge in [-0.15, -0.1) is 0 Å². The summed E-state index contributed by atoms with van der Waals surface area (Å²) in [6.07, 6.45) is 7.93. The van der Waals surface area contributed by atoms with Crippen molar-refractivity contribution in [2.24, 2.45) is 0 Å². The molecule has 0 saturated carbocycles. The zero-order valence-corrected chi connectivity index (χ0v) is 15.3. The summed E-state index contributed by atoms with van der Waals surface area (Å²) in [5.74, 6) is 1.55. The van der Waals surface area contributed by atoms with Crippen LogP contribution in [0.25, 0.3) is 5.82 Å². The Morgan fingerprint density at radius 1 is 0.963 bits per heavy atom. The summed E-state index contributed by atoms with van der Waals surface area (Å²) in [5.41, 5.74) is 2.41. The van der Waals surface area contributed by atoms with Crippen LogP contribution >= 0.6 is 0 Å². The van der Waals surface area contributed by atoms with Crippen LogP contribution in [0.5, 0.6) is 0 Å². The molecule has 3 aromatic rings. The van der Waals surface area contributed by atoms with Crippen LogP contribution in [0.4, 0.5) is 5.82 Å². The zero-order chi connectivity index (χ0) is 18.8. The molecule has 1 amide bonds. The number of amides is 1. The van der Waals surface area contributed by atoms with Gasteiger partial charge in [-0.25, -0.2) is 19.9 Å². The van der Waals surface area contributed by atoms with E-state index in [0.29, 0.717) is 31.9 Å². The Kier molecular flexibility index (Phi) is 4.49. The highest BCUT2D eigenvalue weighted by Crippen LogP contribution is 2.18. The van der Waals surface area contributed by atoms with Gasteiger partial charge >= 0.3 is 0 Å². The van der Waals surface area contributed by atoms with Gasteiger partial charge in [-0.2, -0.15) is 0 Å². The average molecular weight is 364 g/mol. The van der Waals surface area contributed by atoms with Crippen LogP contribution in [0, 0.1) is 13.8 Å². The van der Waals surface area contributed by atoms with Crippen molar-refractivity contribution < 1.29 is 4.79 Å². The lowest BCUT2D eigenvalue weighted by Gasteiger charge is -2.35. The summed E-state index contributed by atoms with van der Waals surface area (Å²) in [4.78, 5) is 37.6. The Morgan fingerprint density at radius 3 is 2.41 bits per heavy atom. The number of aryl methyl sites for hydroxylation is 1. The summed E-state index contributed by atoms with van der Waals surface area (Å²) in [6, 6.07) is 1.95. The number of anilines is 1. The Labute approximate surface area is 156 Å². The lowest BCUT2D eigenvalue weighted by molar-refractivity contribution is 0.0740. The number of rotatable bonds is 3. The minimum absolute atomic E-state index is 0.0874. The maximum Gasteiger partial charge on any atom is 0.274 e. The van der Waals surface area contributed by atoms with Crippen LogP contribution in [-0.2, 0) is 0 Å². The smallest absolute Gasteiger partial charge is 0.274 e. The van der Waals surface area contributed by atoms with Crippen molar-refractivity contribution in [3.8, 4) is 5.82 Å². The third-order valence-corrected chi connectivity index (χ3v) is 4.81. The first kappa shape index (κ1) is 17.1. The molecule has 0 radical (unpaired) electrons. The summed E-state index contributed by atoms with van der Waals surface area (Å²) in [6.45, 7) is 6.60. The van der Waals surface area contributed by atoms with E-state index in [-0.39, 0.29) is 5.91 Å². The van der Waals surface area contributed by atoms with Crippen LogP contribution in [-0.4, -0.2) is 66.5 Å². The summed E-state index contributed by atoms with van der Waals surface area (Å²) in [7, 11) is 0. The van der Waals surface area contributed by atoms with Gasteiger partial charge in [0.1, 0.15) is 30.0 Å². The molecule has 0 unspecified atom stereocenters. The molecule has 9 nitrogen and oxygen atoms in total. The molecule has 4 heterocycles. The van der Waals surface area contributed by atoms with Gasteiger partial charge in [0.15, 0.2) is 0 Å². The number of carbonyl (C=O) groups is 1. The van der Waals surface area contributed by atoms with E-state index < -0.39 is 0 Å². The molecule has 0 bridgehead atoms. The van der Waals surface area contributed by atoms with Gasteiger partial charge in [0.25, 0.3) is 5.91 Å². The minimum atomic E-state index is -0.0874. The molecule has 0 spiro atoms. The Morgan fingerprint density at radius 2 is 1.74 bits per heavy atom. The zero-order valence-electron chi connectivity index (χ0n) is 15.3. The maximum atomic E-state index is 12.5. The summed E-state index contributed by atoms with van der Waals surface area (Å²) >= 11 is 0. The van der Waals surface area contributed by atoms with E-state index in [9.17, 15) is 4.79 Å². The Bertz CT molecular complexity index is 947. The third-order valence-electron chi connectivity index (χ3n) is 4.81. The van der Waals surface area contributed by atoms with Gasteiger partial charge in [0.2, 0.25) is 0 Å². The largest absolute Gasteiger partial charge is 0.353 e. The van der Waals surface area contributed by atoms with E-state index in [1.807, 2.05) is 24.5 Å². The van der Waals surface area contributed by atoms with Crippen molar-refractivity contribution in [1.29, 1.82) is 0 Å². The molecule has 138 valence electrons. The summed E-state index contributed by atoms with van der Waals surface area (Å²) in [5, 5.41) is 0. The fourth-order valence-corrected chi connectivity index (χ4v) is 3.08. The van der Waals surface area contributed by atoms with Crippen LogP contribution in [0.2, 0.25) is 0 Å². The normalized spacial score (nSPS) is 14.4. The second kappa shape index (κ2) is 7.10. The highest BCUT2D eigenvalue weighted by atomic mass is 16.2. The first-order valence-corrected chi connectivity index (χ1v) is 8.76. The number of piperazine rings is 1. The molecule has 1 fully saturated rings. The van der Waals surface area contributed by atoms with E-state index in [1.54, 1.807) is 23.8 Å². The predicted octanol–water partition coefficient (Wildman–Crippen LogP) is 1.03. The molecule has 1 aliphatic rings. The number of carbonyl (C=O) groups excluding carboxylic acids is 1. The van der Waals surface area contributed by atoms with Gasteiger partial charge in [0, 0.05) is 50.3 Å². The molecular formula is C18H20N8O. The fourth-order valence-electron chi connectivity index (χ4n) is 3.08. The molecule has 9 heteroatoms. The predicted molar refractivity (Wildman–Crippen MR) is 98.8 cm³/mol. The highest BCUT2D eigenvalue weighted by Gasteiger charge is 2.24. The lowest BCUT2D eigenvalue weighted by atomic mass is 10.2. The molecule has 0 atom stereocenters. The molecule has 4 rings (SSSR count). The quantitative estimate of drug-likeness (QED) is 0.685. The van der Waals surface area contributed by atoms with E-state index in [4.69, 9.17) is 0 Å². The molecule has 0 N–H and O–H groups in total. The number of hydrogen-bond acceptors (Lipinski definition) is 7. The minimum Gasteiger partial charge on any atom is -0.353 e.